The van der Waals surface area contributed by atoms with Gasteiger partial charge >= 0.3 is 0 Å². The van der Waals surface area contributed by atoms with Gasteiger partial charge in [-0.25, -0.2) is 0 Å². The third-order valence-electron chi connectivity index (χ3n) is 2.65. The molecule has 0 saturated heterocycles. The van der Waals surface area contributed by atoms with E-state index in [2.05, 4.69) is 21.2 Å². The van der Waals surface area contributed by atoms with Crippen LogP contribution in [0.2, 0.25) is 0 Å². The van der Waals surface area contributed by atoms with Gasteiger partial charge in [0.2, 0.25) is 5.91 Å². The van der Waals surface area contributed by atoms with Crippen molar-refractivity contribution >= 4 is 33.6 Å². The average molecular weight is 280 g/mol. The molecule has 1 fully saturated rings. The molecule has 0 heterocycles. The summed E-state index contributed by atoms with van der Waals surface area (Å²) >= 11 is 5.26. The Morgan fingerprint density at radius 2 is 2.21 bits per heavy atom. The van der Waals surface area contributed by atoms with Crippen molar-refractivity contribution in [1.29, 1.82) is 0 Å². The van der Waals surface area contributed by atoms with Crippen molar-refractivity contribution in [1.82, 2.24) is 5.32 Å². The molecule has 1 aliphatic carbocycles. The van der Waals surface area contributed by atoms with Crippen LogP contribution in [0.5, 0.6) is 0 Å². The monoisotopic (exact) mass is 279 g/mol. The van der Waals surface area contributed by atoms with Crippen LogP contribution in [0.4, 0.5) is 0 Å². The highest BCUT2D eigenvalue weighted by Gasteiger charge is 2.22. The van der Waals surface area contributed by atoms with Crippen LogP contribution in [0.3, 0.4) is 0 Å². The number of rotatable bonds is 4. The fourth-order valence-electron chi connectivity index (χ4n) is 1.82. The van der Waals surface area contributed by atoms with Crippen molar-refractivity contribution in [3.05, 3.63) is 0 Å². The fraction of sp³-hybridized carbons (Fsp3) is 0.900. The zero-order chi connectivity index (χ0) is 10.4. The van der Waals surface area contributed by atoms with E-state index in [1.807, 2.05) is 6.26 Å². The van der Waals surface area contributed by atoms with E-state index in [0.29, 0.717) is 16.5 Å². The minimum absolute atomic E-state index is 0.169. The van der Waals surface area contributed by atoms with E-state index >= 15 is 0 Å². The molecule has 1 N–H and O–H groups in total. The maximum Gasteiger partial charge on any atom is 0.229 e. The van der Waals surface area contributed by atoms with E-state index in [1.54, 1.807) is 11.8 Å². The maximum absolute atomic E-state index is 11.2. The quantitative estimate of drug-likeness (QED) is 0.801. The highest BCUT2D eigenvalue weighted by atomic mass is 79.9. The number of alkyl halides is 1. The number of halogens is 1. The number of carbonyl (C=O) groups is 1. The molecule has 0 spiro atoms. The standard InChI is InChI=1S/C10H18BrNOS/c1-14-7-10(13)12-6-8-4-2-3-5-9(8)11/h8-9H,2-7H2,1H3,(H,12,13). The van der Waals surface area contributed by atoms with Gasteiger partial charge < -0.3 is 5.32 Å². The lowest BCUT2D eigenvalue weighted by Crippen LogP contribution is -2.35. The number of thioether (sulfide) groups is 1. The van der Waals surface area contributed by atoms with Gasteiger partial charge in [-0.15, -0.1) is 0 Å². The largest absolute Gasteiger partial charge is 0.355 e. The number of hydrogen-bond donors (Lipinski definition) is 1. The van der Waals surface area contributed by atoms with Gasteiger partial charge in [0, 0.05) is 11.4 Å². The normalized spacial score (nSPS) is 27.3. The van der Waals surface area contributed by atoms with Crippen LogP contribution < -0.4 is 5.32 Å². The molecule has 0 radical (unpaired) electrons. The van der Waals surface area contributed by atoms with E-state index < -0.39 is 0 Å². The molecule has 0 aromatic carbocycles. The van der Waals surface area contributed by atoms with Crippen molar-refractivity contribution in [2.24, 2.45) is 5.92 Å². The van der Waals surface area contributed by atoms with Crippen LogP contribution in [-0.2, 0) is 4.79 Å². The number of amides is 1. The lowest BCUT2D eigenvalue weighted by Gasteiger charge is -2.27. The first-order valence-electron chi connectivity index (χ1n) is 5.13. The summed E-state index contributed by atoms with van der Waals surface area (Å²) in [4.78, 5) is 11.8. The summed E-state index contributed by atoms with van der Waals surface area (Å²) in [6.45, 7) is 0.843. The Morgan fingerprint density at radius 1 is 1.50 bits per heavy atom. The molecule has 1 aliphatic rings. The number of carbonyl (C=O) groups excluding carboxylic acids is 1. The van der Waals surface area contributed by atoms with Gasteiger partial charge in [0.05, 0.1) is 5.75 Å². The second kappa shape index (κ2) is 6.72. The molecule has 0 aromatic heterocycles. The minimum Gasteiger partial charge on any atom is -0.355 e. The maximum atomic E-state index is 11.2. The molecule has 82 valence electrons. The van der Waals surface area contributed by atoms with Crippen LogP contribution in [0, 0.1) is 5.92 Å². The third kappa shape index (κ3) is 4.22. The molecule has 2 unspecified atom stereocenters. The van der Waals surface area contributed by atoms with Crippen LogP contribution in [0.25, 0.3) is 0 Å². The first kappa shape index (κ1) is 12.4. The van der Waals surface area contributed by atoms with Crippen molar-refractivity contribution in [2.75, 3.05) is 18.6 Å². The van der Waals surface area contributed by atoms with Crippen LogP contribution in [0.1, 0.15) is 25.7 Å². The second-order valence-electron chi connectivity index (χ2n) is 3.80. The summed E-state index contributed by atoms with van der Waals surface area (Å²) in [7, 11) is 0. The van der Waals surface area contributed by atoms with E-state index in [4.69, 9.17) is 0 Å². The Bertz CT molecular complexity index is 189. The van der Waals surface area contributed by atoms with Crippen molar-refractivity contribution in [3.63, 3.8) is 0 Å². The Kier molecular flexibility index (Phi) is 5.94. The molecular formula is C10H18BrNOS. The van der Waals surface area contributed by atoms with Crippen molar-refractivity contribution in [2.45, 2.75) is 30.5 Å². The SMILES string of the molecule is CSCC(=O)NCC1CCCCC1Br. The highest BCUT2D eigenvalue weighted by molar-refractivity contribution is 9.09. The summed E-state index contributed by atoms with van der Waals surface area (Å²) in [6.07, 6.45) is 7.09. The molecule has 1 saturated carbocycles. The summed E-state index contributed by atoms with van der Waals surface area (Å²) < 4.78 is 0. The molecule has 14 heavy (non-hydrogen) atoms. The third-order valence-corrected chi connectivity index (χ3v) is 4.41. The molecule has 2 nitrogen and oxygen atoms in total. The predicted molar refractivity (Wildman–Crippen MR) is 66.1 cm³/mol. The highest BCUT2D eigenvalue weighted by Crippen LogP contribution is 2.29. The van der Waals surface area contributed by atoms with Gasteiger partial charge in [0.25, 0.3) is 0 Å². The lowest BCUT2D eigenvalue weighted by atomic mass is 9.89. The van der Waals surface area contributed by atoms with Gasteiger partial charge in [0.15, 0.2) is 0 Å². The fourth-order valence-corrected chi connectivity index (χ4v) is 2.96. The van der Waals surface area contributed by atoms with Gasteiger partial charge in [-0.3, -0.25) is 4.79 Å². The van der Waals surface area contributed by atoms with Crippen LogP contribution >= 0.6 is 27.7 Å². The van der Waals surface area contributed by atoms with E-state index in [-0.39, 0.29) is 5.91 Å². The Labute approximate surface area is 98.7 Å². The number of nitrogens with one attached hydrogen (secondary N) is 1. The molecule has 0 aliphatic heterocycles. The summed E-state index contributed by atoms with van der Waals surface area (Å²) in [5, 5.41) is 2.99. The first-order valence-corrected chi connectivity index (χ1v) is 7.44. The lowest BCUT2D eigenvalue weighted by molar-refractivity contribution is -0.118. The van der Waals surface area contributed by atoms with Crippen molar-refractivity contribution < 1.29 is 4.79 Å². The number of hydrogen-bond acceptors (Lipinski definition) is 2. The second-order valence-corrected chi connectivity index (χ2v) is 5.84. The Morgan fingerprint density at radius 3 is 2.86 bits per heavy atom. The summed E-state index contributed by atoms with van der Waals surface area (Å²) in [6, 6.07) is 0. The van der Waals surface area contributed by atoms with Gasteiger partial charge in [-0.1, -0.05) is 28.8 Å². The zero-order valence-electron chi connectivity index (χ0n) is 8.59. The molecule has 1 rings (SSSR count). The topological polar surface area (TPSA) is 29.1 Å². The molecule has 4 heteroatoms. The smallest absolute Gasteiger partial charge is 0.229 e. The molecular weight excluding hydrogens is 262 g/mol. The predicted octanol–water partition coefficient (Wildman–Crippen LogP) is 2.42. The van der Waals surface area contributed by atoms with Gasteiger partial charge in [-0.05, 0) is 25.0 Å². The molecule has 2 atom stereocenters. The van der Waals surface area contributed by atoms with E-state index in [9.17, 15) is 4.79 Å². The van der Waals surface area contributed by atoms with E-state index in [1.165, 1.54) is 25.7 Å². The molecule has 0 bridgehead atoms. The molecule has 0 aromatic rings. The summed E-state index contributed by atoms with van der Waals surface area (Å²) in [5.74, 6) is 1.39. The Hall–Kier alpha value is 0.300. The van der Waals surface area contributed by atoms with E-state index in [0.717, 1.165) is 6.54 Å². The van der Waals surface area contributed by atoms with Gasteiger partial charge in [-0.2, -0.15) is 11.8 Å². The minimum atomic E-state index is 0.169. The average Bonchev–Trinajstić information content (AvgIpc) is 2.17. The Balaban J connectivity index is 2.19. The van der Waals surface area contributed by atoms with Gasteiger partial charge in [0.1, 0.15) is 0 Å². The summed E-state index contributed by atoms with van der Waals surface area (Å²) in [5.41, 5.74) is 0. The van der Waals surface area contributed by atoms with Crippen molar-refractivity contribution in [3.8, 4) is 0 Å². The molecule has 1 amide bonds. The zero-order valence-corrected chi connectivity index (χ0v) is 11.0. The first-order chi connectivity index (χ1) is 6.74. The van der Waals surface area contributed by atoms with Crippen LogP contribution in [-0.4, -0.2) is 29.3 Å². The van der Waals surface area contributed by atoms with Crippen LogP contribution in [0.15, 0.2) is 0 Å².